The molecule has 1 amide bonds. The van der Waals surface area contributed by atoms with Crippen molar-refractivity contribution < 1.29 is 9.90 Å². The van der Waals surface area contributed by atoms with E-state index in [0.29, 0.717) is 11.4 Å². The van der Waals surface area contributed by atoms with Crippen LogP contribution in [0.4, 0.5) is 5.82 Å². The van der Waals surface area contributed by atoms with Crippen molar-refractivity contribution in [3.63, 3.8) is 0 Å². The predicted octanol–water partition coefficient (Wildman–Crippen LogP) is 2.79. The van der Waals surface area contributed by atoms with Crippen molar-refractivity contribution in [2.75, 3.05) is 5.43 Å². The smallest absolute Gasteiger partial charge is 0.248 e. The highest BCUT2D eigenvalue weighted by Crippen LogP contribution is 2.48. The van der Waals surface area contributed by atoms with Gasteiger partial charge in [0.25, 0.3) is 0 Å². The van der Waals surface area contributed by atoms with Crippen molar-refractivity contribution in [3.8, 4) is 0 Å². The fourth-order valence-corrected chi connectivity index (χ4v) is 2.88. The van der Waals surface area contributed by atoms with E-state index in [2.05, 4.69) is 15.8 Å². The van der Waals surface area contributed by atoms with Gasteiger partial charge in [0.2, 0.25) is 5.91 Å². The third-order valence-corrected chi connectivity index (χ3v) is 4.55. The number of aromatic nitrogens is 1. The van der Waals surface area contributed by atoms with E-state index in [-0.39, 0.29) is 5.91 Å². The van der Waals surface area contributed by atoms with Crippen LogP contribution in [-0.2, 0) is 15.8 Å². The zero-order valence-electron chi connectivity index (χ0n) is 14.3. The van der Waals surface area contributed by atoms with E-state index in [4.69, 9.17) is 0 Å². The van der Waals surface area contributed by atoms with E-state index in [0.717, 1.165) is 18.4 Å². The highest BCUT2D eigenvalue weighted by Gasteiger charge is 2.51. The molecule has 126 valence electrons. The Labute approximate surface area is 142 Å². The van der Waals surface area contributed by atoms with Crippen molar-refractivity contribution >= 4 is 11.7 Å². The van der Waals surface area contributed by atoms with Gasteiger partial charge in [-0.05, 0) is 45.2 Å². The number of carbonyl (C=O) groups is 1. The summed E-state index contributed by atoms with van der Waals surface area (Å²) in [4.78, 5) is 16.9. The number of anilines is 1. The standard InChI is InChI=1S/C19H23N3O2/c1-13-6-8-14(9-7-13)19(10-11-19)17(23)22-21-16-15(18(2,3)24)5-4-12-20-16/h4-9,12,24H,10-11H2,1-3H3,(H,20,21)(H,22,23). The van der Waals surface area contributed by atoms with Crippen LogP contribution in [0.25, 0.3) is 0 Å². The Balaban J connectivity index is 1.74. The number of aryl methyl sites for hydroxylation is 1. The number of benzene rings is 1. The summed E-state index contributed by atoms with van der Waals surface area (Å²) in [5.74, 6) is 0.386. The van der Waals surface area contributed by atoms with Gasteiger partial charge in [-0.3, -0.25) is 15.6 Å². The molecule has 5 nitrogen and oxygen atoms in total. The third kappa shape index (κ3) is 3.12. The molecule has 0 unspecified atom stereocenters. The van der Waals surface area contributed by atoms with E-state index in [1.807, 2.05) is 31.2 Å². The number of amides is 1. The van der Waals surface area contributed by atoms with Crippen molar-refractivity contribution in [2.24, 2.45) is 0 Å². The maximum Gasteiger partial charge on any atom is 0.248 e. The van der Waals surface area contributed by atoms with Crippen LogP contribution in [0, 0.1) is 6.92 Å². The van der Waals surface area contributed by atoms with Gasteiger partial charge in [-0.25, -0.2) is 4.98 Å². The highest BCUT2D eigenvalue weighted by molar-refractivity contribution is 5.92. The number of carbonyl (C=O) groups excluding carboxylic acids is 1. The maximum atomic E-state index is 12.7. The molecule has 3 N–H and O–H groups in total. The van der Waals surface area contributed by atoms with Gasteiger partial charge in [-0.2, -0.15) is 0 Å². The van der Waals surface area contributed by atoms with E-state index in [1.54, 1.807) is 32.2 Å². The largest absolute Gasteiger partial charge is 0.386 e. The number of hydrogen-bond acceptors (Lipinski definition) is 4. The first-order valence-corrected chi connectivity index (χ1v) is 8.14. The van der Waals surface area contributed by atoms with Crippen LogP contribution in [0.5, 0.6) is 0 Å². The lowest BCUT2D eigenvalue weighted by molar-refractivity contribution is -0.123. The summed E-state index contributed by atoms with van der Waals surface area (Å²) in [5, 5.41) is 10.2. The SMILES string of the molecule is Cc1ccc(C2(C(=O)NNc3ncccc3C(C)(C)O)CC2)cc1. The Hall–Kier alpha value is -2.40. The first-order valence-electron chi connectivity index (χ1n) is 8.14. The molecule has 0 atom stereocenters. The molecule has 1 aliphatic rings. The minimum absolute atomic E-state index is 0.0706. The number of rotatable bonds is 5. The Morgan fingerprint density at radius 2 is 1.88 bits per heavy atom. The zero-order chi connectivity index (χ0) is 17.4. The number of hydrogen-bond donors (Lipinski definition) is 3. The first-order chi connectivity index (χ1) is 11.3. The number of pyridine rings is 1. The van der Waals surface area contributed by atoms with E-state index >= 15 is 0 Å². The lowest BCUT2D eigenvalue weighted by atomic mass is 9.94. The van der Waals surface area contributed by atoms with E-state index < -0.39 is 11.0 Å². The van der Waals surface area contributed by atoms with Crippen LogP contribution in [0.1, 0.15) is 43.4 Å². The van der Waals surface area contributed by atoms with Crippen molar-refractivity contribution in [3.05, 3.63) is 59.3 Å². The summed E-state index contributed by atoms with van der Waals surface area (Å²) in [6.45, 7) is 5.40. The maximum absolute atomic E-state index is 12.7. The Kier molecular flexibility index (Phi) is 4.05. The summed E-state index contributed by atoms with van der Waals surface area (Å²) in [6, 6.07) is 11.6. The summed E-state index contributed by atoms with van der Waals surface area (Å²) in [5.41, 5.74) is 6.99. The van der Waals surface area contributed by atoms with Gasteiger partial charge in [-0.15, -0.1) is 0 Å². The molecular formula is C19H23N3O2. The fraction of sp³-hybridized carbons (Fsp3) is 0.368. The third-order valence-electron chi connectivity index (χ3n) is 4.55. The van der Waals surface area contributed by atoms with Crippen molar-refractivity contribution in [2.45, 2.75) is 44.6 Å². The van der Waals surface area contributed by atoms with Crippen LogP contribution in [0.2, 0.25) is 0 Å². The van der Waals surface area contributed by atoms with Crippen LogP contribution in [-0.4, -0.2) is 16.0 Å². The molecule has 1 heterocycles. The Morgan fingerprint density at radius 3 is 2.46 bits per heavy atom. The van der Waals surface area contributed by atoms with Crippen LogP contribution in [0.3, 0.4) is 0 Å². The first kappa shape index (κ1) is 16.5. The number of nitrogens with zero attached hydrogens (tertiary/aromatic N) is 1. The van der Waals surface area contributed by atoms with Gasteiger partial charge >= 0.3 is 0 Å². The normalized spacial score (nSPS) is 15.7. The van der Waals surface area contributed by atoms with Gasteiger partial charge in [-0.1, -0.05) is 35.9 Å². The van der Waals surface area contributed by atoms with Crippen LogP contribution in [0.15, 0.2) is 42.6 Å². The second-order valence-corrected chi connectivity index (χ2v) is 6.99. The number of hydrazine groups is 1. The summed E-state index contributed by atoms with van der Waals surface area (Å²) < 4.78 is 0. The van der Waals surface area contributed by atoms with Gasteiger partial charge in [0.05, 0.1) is 11.0 Å². The molecule has 0 radical (unpaired) electrons. The Bertz CT molecular complexity index is 744. The molecule has 1 fully saturated rings. The molecule has 3 rings (SSSR count). The minimum atomic E-state index is -1.05. The number of nitrogens with one attached hydrogen (secondary N) is 2. The quantitative estimate of drug-likeness (QED) is 0.739. The average Bonchev–Trinajstić information content (AvgIpc) is 3.34. The topological polar surface area (TPSA) is 74.2 Å². The summed E-state index contributed by atoms with van der Waals surface area (Å²) in [7, 11) is 0. The molecule has 1 aromatic carbocycles. The van der Waals surface area contributed by atoms with Crippen LogP contribution < -0.4 is 10.9 Å². The fourth-order valence-electron chi connectivity index (χ4n) is 2.88. The average molecular weight is 325 g/mol. The molecule has 24 heavy (non-hydrogen) atoms. The van der Waals surface area contributed by atoms with Gasteiger partial charge in [0.1, 0.15) is 0 Å². The molecule has 0 aliphatic heterocycles. The predicted molar refractivity (Wildman–Crippen MR) is 93.3 cm³/mol. The Morgan fingerprint density at radius 1 is 1.21 bits per heavy atom. The molecule has 0 spiro atoms. The lowest BCUT2D eigenvalue weighted by Crippen LogP contribution is -2.39. The summed E-state index contributed by atoms with van der Waals surface area (Å²) >= 11 is 0. The van der Waals surface area contributed by atoms with E-state index in [1.165, 1.54) is 5.56 Å². The molecule has 1 saturated carbocycles. The summed E-state index contributed by atoms with van der Waals surface area (Å²) in [6.07, 6.45) is 3.30. The van der Waals surface area contributed by atoms with Gasteiger partial charge in [0, 0.05) is 11.8 Å². The number of aliphatic hydroxyl groups is 1. The molecular weight excluding hydrogens is 302 g/mol. The lowest BCUT2D eigenvalue weighted by Gasteiger charge is -2.22. The van der Waals surface area contributed by atoms with Crippen molar-refractivity contribution in [1.29, 1.82) is 0 Å². The van der Waals surface area contributed by atoms with Gasteiger partial charge < -0.3 is 5.11 Å². The zero-order valence-corrected chi connectivity index (χ0v) is 14.3. The monoisotopic (exact) mass is 325 g/mol. The molecule has 1 aromatic heterocycles. The van der Waals surface area contributed by atoms with E-state index in [9.17, 15) is 9.90 Å². The molecule has 1 aliphatic carbocycles. The molecule has 0 saturated heterocycles. The minimum Gasteiger partial charge on any atom is -0.386 e. The second-order valence-electron chi connectivity index (χ2n) is 6.99. The molecule has 2 aromatic rings. The van der Waals surface area contributed by atoms with Gasteiger partial charge in [0.15, 0.2) is 5.82 Å². The van der Waals surface area contributed by atoms with Crippen LogP contribution >= 0.6 is 0 Å². The molecule has 0 bridgehead atoms. The second kappa shape index (κ2) is 5.91. The highest BCUT2D eigenvalue weighted by atomic mass is 16.3. The van der Waals surface area contributed by atoms with Crippen molar-refractivity contribution in [1.82, 2.24) is 10.4 Å². The molecule has 5 heteroatoms.